The van der Waals surface area contributed by atoms with E-state index < -0.39 is 21.9 Å². The molecule has 0 heterocycles. The molecular weight excluding hydrogens is 413 g/mol. The number of nitrogens with one attached hydrogen (secondary N) is 2. The number of methoxy groups -OCH3 is 1. The van der Waals surface area contributed by atoms with E-state index in [9.17, 15) is 22.4 Å². The highest BCUT2D eigenvalue weighted by Crippen LogP contribution is 2.15. The number of carbonyl (C=O) groups excluding carboxylic acids is 2. The summed E-state index contributed by atoms with van der Waals surface area (Å²) in [6.45, 7) is 0.460. The number of carbonyl (C=O) groups is 2. The normalized spacial score (nSPS) is 11.2. The molecule has 0 spiro atoms. The first-order chi connectivity index (χ1) is 14.2. The fourth-order valence-corrected chi connectivity index (χ4v) is 3.74. The van der Waals surface area contributed by atoms with Crippen molar-refractivity contribution < 1.29 is 27.1 Å². The second-order valence-corrected chi connectivity index (χ2v) is 8.52. The van der Waals surface area contributed by atoms with Crippen LogP contribution in [0.4, 0.5) is 14.9 Å². The quantitative estimate of drug-likeness (QED) is 0.628. The summed E-state index contributed by atoms with van der Waals surface area (Å²) in [6.07, 6.45) is -0.0711. The first-order valence-electron chi connectivity index (χ1n) is 9.15. The van der Waals surface area contributed by atoms with Crippen LogP contribution in [0.1, 0.15) is 18.4 Å². The van der Waals surface area contributed by atoms with Gasteiger partial charge in [-0.1, -0.05) is 12.1 Å². The van der Waals surface area contributed by atoms with Crippen LogP contribution in [-0.4, -0.2) is 45.4 Å². The van der Waals surface area contributed by atoms with E-state index in [-0.39, 0.29) is 23.8 Å². The van der Waals surface area contributed by atoms with Crippen LogP contribution in [0.5, 0.6) is 0 Å². The zero-order chi connectivity index (χ0) is 22.1. The molecule has 0 saturated carbocycles. The molecule has 2 amide bonds. The molecule has 0 aliphatic rings. The Labute approximate surface area is 175 Å². The molecule has 0 unspecified atom stereocenters. The van der Waals surface area contributed by atoms with Gasteiger partial charge in [0, 0.05) is 32.2 Å². The minimum atomic E-state index is -3.73. The smallest absolute Gasteiger partial charge is 0.411 e. The Kier molecular flexibility index (Phi) is 8.31. The van der Waals surface area contributed by atoms with E-state index in [4.69, 9.17) is 0 Å². The molecule has 2 N–H and O–H groups in total. The van der Waals surface area contributed by atoms with Crippen molar-refractivity contribution in [1.82, 2.24) is 9.62 Å². The summed E-state index contributed by atoms with van der Waals surface area (Å²) in [5, 5.41) is 5.29. The Morgan fingerprint density at radius 1 is 1.07 bits per heavy atom. The lowest BCUT2D eigenvalue weighted by Gasteiger charge is -2.17. The van der Waals surface area contributed by atoms with Gasteiger partial charge in [0.05, 0.1) is 12.0 Å². The van der Waals surface area contributed by atoms with E-state index in [2.05, 4.69) is 15.4 Å². The van der Waals surface area contributed by atoms with Gasteiger partial charge in [0.25, 0.3) is 0 Å². The lowest BCUT2D eigenvalue weighted by Crippen LogP contribution is -2.29. The molecule has 0 radical (unpaired) electrons. The molecule has 0 aromatic heterocycles. The molecule has 10 heteroatoms. The molecule has 0 fully saturated rings. The molecular formula is C20H24FN3O5S. The van der Waals surface area contributed by atoms with E-state index in [0.29, 0.717) is 18.7 Å². The molecule has 8 nitrogen and oxygen atoms in total. The second kappa shape index (κ2) is 10.7. The van der Waals surface area contributed by atoms with Gasteiger partial charge in [-0.15, -0.1) is 0 Å². The number of halogens is 1. The number of hydrogen-bond donors (Lipinski definition) is 2. The van der Waals surface area contributed by atoms with Crippen molar-refractivity contribution >= 4 is 27.7 Å². The number of anilines is 1. The van der Waals surface area contributed by atoms with Crippen LogP contribution in [0, 0.1) is 5.82 Å². The highest BCUT2D eigenvalue weighted by molar-refractivity contribution is 7.89. The number of hydrogen-bond acceptors (Lipinski definition) is 5. The zero-order valence-electron chi connectivity index (χ0n) is 16.7. The number of amides is 2. The lowest BCUT2D eigenvalue weighted by molar-refractivity contribution is -0.121. The van der Waals surface area contributed by atoms with Crippen LogP contribution >= 0.6 is 0 Å². The highest BCUT2D eigenvalue weighted by atomic mass is 32.2. The van der Waals surface area contributed by atoms with Crippen LogP contribution in [-0.2, 0) is 26.1 Å². The molecule has 162 valence electrons. The van der Waals surface area contributed by atoms with Crippen molar-refractivity contribution in [3.8, 4) is 0 Å². The lowest BCUT2D eigenvalue weighted by atomic mass is 10.2. The number of ether oxygens (including phenoxy) is 1. The van der Waals surface area contributed by atoms with Gasteiger partial charge in [0.2, 0.25) is 15.9 Å². The van der Waals surface area contributed by atoms with Gasteiger partial charge < -0.3 is 10.1 Å². The summed E-state index contributed by atoms with van der Waals surface area (Å²) in [5.41, 5.74) is 1.41. The maximum Gasteiger partial charge on any atom is 0.411 e. The van der Waals surface area contributed by atoms with Crippen molar-refractivity contribution in [2.45, 2.75) is 24.3 Å². The monoisotopic (exact) mass is 437 g/mol. The predicted molar refractivity (Wildman–Crippen MR) is 110 cm³/mol. The summed E-state index contributed by atoms with van der Waals surface area (Å²) in [7, 11) is -1.04. The Bertz CT molecular complexity index is 963. The van der Waals surface area contributed by atoms with Gasteiger partial charge in [-0.3, -0.25) is 10.1 Å². The van der Waals surface area contributed by atoms with Crippen LogP contribution in [0.2, 0.25) is 0 Å². The van der Waals surface area contributed by atoms with Gasteiger partial charge >= 0.3 is 6.09 Å². The first-order valence-corrected chi connectivity index (χ1v) is 10.6. The third-order valence-electron chi connectivity index (χ3n) is 4.27. The van der Waals surface area contributed by atoms with Crippen molar-refractivity contribution in [1.29, 1.82) is 0 Å². The van der Waals surface area contributed by atoms with Gasteiger partial charge in [0.15, 0.2) is 0 Å². The van der Waals surface area contributed by atoms with E-state index in [0.717, 1.165) is 22.0 Å². The molecule has 0 atom stereocenters. The first kappa shape index (κ1) is 23.3. The van der Waals surface area contributed by atoms with Crippen molar-refractivity contribution in [3.63, 3.8) is 0 Å². The average molecular weight is 437 g/mol. The van der Waals surface area contributed by atoms with Crippen LogP contribution < -0.4 is 10.6 Å². The maximum absolute atomic E-state index is 13.0. The predicted octanol–water partition coefficient (Wildman–Crippen LogP) is 2.72. The molecule has 2 rings (SSSR count). The molecule has 2 aromatic rings. The molecule has 0 saturated heterocycles. The van der Waals surface area contributed by atoms with Gasteiger partial charge in [-0.2, -0.15) is 0 Å². The Hall–Kier alpha value is -2.98. The largest absolute Gasteiger partial charge is 0.453 e. The molecule has 0 bridgehead atoms. The SMILES string of the molecule is COC(=O)Nc1ccc(CNC(=O)CCCN(C)S(=O)(=O)c2ccc(F)cc2)cc1. The number of nitrogens with zero attached hydrogens (tertiary/aromatic N) is 1. The van der Waals surface area contributed by atoms with Crippen LogP contribution in [0.25, 0.3) is 0 Å². The number of rotatable bonds is 9. The van der Waals surface area contributed by atoms with Crippen molar-refractivity contribution in [3.05, 3.63) is 59.9 Å². The average Bonchev–Trinajstić information content (AvgIpc) is 2.73. The minimum absolute atomic E-state index is 0.000914. The molecule has 2 aromatic carbocycles. The topological polar surface area (TPSA) is 105 Å². The standard InChI is InChI=1S/C20H24FN3O5S/c1-24(30(27,28)18-11-7-16(21)8-12-18)13-3-4-19(25)22-14-15-5-9-17(10-6-15)23-20(26)29-2/h5-12H,3-4,13-14H2,1-2H3,(H,22,25)(H,23,26). The van der Waals surface area contributed by atoms with Gasteiger partial charge in [-0.05, 0) is 48.4 Å². The third-order valence-corrected chi connectivity index (χ3v) is 6.15. The van der Waals surface area contributed by atoms with E-state index in [1.807, 2.05) is 0 Å². The minimum Gasteiger partial charge on any atom is -0.453 e. The molecule has 30 heavy (non-hydrogen) atoms. The maximum atomic E-state index is 13.0. The summed E-state index contributed by atoms with van der Waals surface area (Å²) < 4.78 is 43.4. The van der Waals surface area contributed by atoms with E-state index in [1.54, 1.807) is 24.3 Å². The Morgan fingerprint density at radius 3 is 2.30 bits per heavy atom. The Balaban J connectivity index is 1.75. The van der Waals surface area contributed by atoms with Crippen molar-refractivity contribution in [2.24, 2.45) is 0 Å². The molecule has 0 aliphatic carbocycles. The third kappa shape index (κ3) is 6.82. The summed E-state index contributed by atoms with van der Waals surface area (Å²) >= 11 is 0. The number of benzene rings is 2. The summed E-state index contributed by atoms with van der Waals surface area (Å²) in [5.74, 6) is -0.720. The number of sulfonamides is 1. The molecule has 0 aliphatic heterocycles. The highest BCUT2D eigenvalue weighted by Gasteiger charge is 2.20. The van der Waals surface area contributed by atoms with Crippen molar-refractivity contribution in [2.75, 3.05) is 26.0 Å². The second-order valence-electron chi connectivity index (χ2n) is 6.47. The van der Waals surface area contributed by atoms with Gasteiger partial charge in [-0.25, -0.2) is 21.9 Å². The van der Waals surface area contributed by atoms with Crippen LogP contribution in [0.3, 0.4) is 0 Å². The van der Waals surface area contributed by atoms with E-state index in [1.165, 1.54) is 26.3 Å². The summed E-state index contributed by atoms with van der Waals surface area (Å²) in [4.78, 5) is 23.2. The zero-order valence-corrected chi connectivity index (χ0v) is 17.5. The van der Waals surface area contributed by atoms with E-state index >= 15 is 0 Å². The fourth-order valence-electron chi connectivity index (χ4n) is 2.53. The van der Waals surface area contributed by atoms with Crippen LogP contribution in [0.15, 0.2) is 53.4 Å². The fraction of sp³-hybridized carbons (Fsp3) is 0.300. The summed E-state index contributed by atoms with van der Waals surface area (Å²) in [6, 6.07) is 11.5. The Morgan fingerprint density at radius 2 is 1.70 bits per heavy atom. The van der Waals surface area contributed by atoms with Gasteiger partial charge in [0.1, 0.15) is 5.82 Å².